The van der Waals surface area contributed by atoms with E-state index in [0.717, 1.165) is 25.1 Å². The molecule has 1 aliphatic heterocycles. The van der Waals surface area contributed by atoms with E-state index in [1.165, 1.54) is 16.0 Å². The molecule has 1 atom stereocenters. The Kier molecular flexibility index (Phi) is 4.96. The molecular weight excluding hydrogens is 362 g/mol. The lowest BCUT2D eigenvalue weighted by molar-refractivity contribution is -0.939. The Morgan fingerprint density at radius 2 is 1.81 bits per heavy atom. The molecule has 6 nitrogen and oxygen atoms in total. The highest BCUT2D eigenvalue weighted by Crippen LogP contribution is 2.28. The van der Waals surface area contributed by atoms with Gasteiger partial charge in [0.1, 0.15) is 18.0 Å². The van der Waals surface area contributed by atoms with Crippen LogP contribution in [0.5, 0.6) is 11.5 Å². The average molecular weight is 384 g/mol. The number of methoxy groups -OCH3 is 2. The molecule has 2 aromatic carbocycles. The van der Waals surface area contributed by atoms with E-state index in [2.05, 4.69) is 29.4 Å². The molecule has 1 aromatic heterocycles. The van der Waals surface area contributed by atoms with Gasteiger partial charge in [-0.1, -0.05) is 24.3 Å². The van der Waals surface area contributed by atoms with E-state index in [4.69, 9.17) is 26.1 Å². The van der Waals surface area contributed by atoms with Gasteiger partial charge in [0.2, 0.25) is 5.89 Å². The Morgan fingerprint density at radius 3 is 2.52 bits per heavy atom. The summed E-state index contributed by atoms with van der Waals surface area (Å²) in [6, 6.07) is 14.1. The first-order chi connectivity index (χ1) is 13.2. The maximum Gasteiger partial charge on any atom is 0.292 e. The van der Waals surface area contributed by atoms with Gasteiger partial charge in [-0.3, -0.25) is 0 Å². The monoisotopic (exact) mass is 384 g/mol. The summed E-state index contributed by atoms with van der Waals surface area (Å²) in [6.45, 7) is 2.69. The third-order valence-electron chi connectivity index (χ3n) is 4.88. The lowest BCUT2D eigenvalue weighted by atomic mass is 10.0. The number of benzene rings is 2. The predicted molar refractivity (Wildman–Crippen MR) is 104 cm³/mol. The molecule has 7 heteroatoms. The SMILES string of the molecule is COc1cc(OC)cc(-c2nn(C[NH+]3CCc4ccccc4C3)c(=S)o2)c1. The topological polar surface area (TPSA) is 53.9 Å². The first-order valence-corrected chi connectivity index (χ1v) is 9.29. The molecule has 3 aromatic rings. The molecule has 1 aliphatic rings. The minimum Gasteiger partial charge on any atom is -0.497 e. The molecule has 27 heavy (non-hydrogen) atoms. The van der Waals surface area contributed by atoms with Gasteiger partial charge in [-0.15, -0.1) is 5.10 Å². The summed E-state index contributed by atoms with van der Waals surface area (Å²) in [5, 5.41) is 4.59. The van der Waals surface area contributed by atoms with Gasteiger partial charge < -0.3 is 18.8 Å². The van der Waals surface area contributed by atoms with Crippen LogP contribution in [0.15, 0.2) is 46.9 Å². The van der Waals surface area contributed by atoms with Crippen molar-refractivity contribution < 1.29 is 18.8 Å². The second kappa shape index (κ2) is 7.54. The van der Waals surface area contributed by atoms with Crippen LogP contribution < -0.4 is 14.4 Å². The molecule has 0 aliphatic carbocycles. The molecule has 0 saturated heterocycles. The Hall–Kier alpha value is -2.64. The van der Waals surface area contributed by atoms with Gasteiger partial charge in [0.25, 0.3) is 4.84 Å². The van der Waals surface area contributed by atoms with Crippen LogP contribution >= 0.6 is 12.2 Å². The highest BCUT2D eigenvalue weighted by atomic mass is 32.1. The molecule has 1 N–H and O–H groups in total. The predicted octanol–water partition coefficient (Wildman–Crippen LogP) is 2.49. The van der Waals surface area contributed by atoms with Crippen molar-refractivity contribution in [2.45, 2.75) is 19.6 Å². The molecule has 1 unspecified atom stereocenters. The number of aromatic nitrogens is 2. The molecule has 0 bridgehead atoms. The molecular formula is C20H22N3O3S+. The minimum atomic E-state index is 0.373. The number of nitrogens with one attached hydrogen (secondary N) is 1. The fourth-order valence-corrected chi connectivity index (χ4v) is 3.63. The summed E-state index contributed by atoms with van der Waals surface area (Å²) in [7, 11) is 3.23. The Bertz CT molecular complexity index is 989. The number of rotatable bonds is 5. The molecule has 4 rings (SSSR count). The number of quaternary nitrogens is 1. The van der Waals surface area contributed by atoms with Crippen molar-refractivity contribution in [2.75, 3.05) is 20.8 Å². The van der Waals surface area contributed by atoms with Crippen molar-refractivity contribution in [2.24, 2.45) is 0 Å². The maximum atomic E-state index is 5.75. The van der Waals surface area contributed by atoms with E-state index in [1.54, 1.807) is 18.9 Å². The lowest BCUT2D eigenvalue weighted by Gasteiger charge is -2.25. The normalized spacial score (nSPS) is 16.0. The van der Waals surface area contributed by atoms with E-state index in [-0.39, 0.29) is 0 Å². The van der Waals surface area contributed by atoms with Crippen molar-refractivity contribution in [1.82, 2.24) is 9.78 Å². The standard InChI is InChI=1S/C20H21N3O3S/c1-24-17-9-16(10-18(11-17)25-2)19-21-23(20(27)26-19)13-22-8-7-14-5-3-4-6-15(14)12-22/h3-6,9-11H,7-8,12-13H2,1-2H3/p+1. The fourth-order valence-electron chi connectivity index (χ4n) is 3.44. The van der Waals surface area contributed by atoms with Crippen LogP contribution in [-0.2, 0) is 19.6 Å². The highest BCUT2D eigenvalue weighted by molar-refractivity contribution is 7.71. The molecule has 0 saturated carbocycles. The zero-order valence-electron chi connectivity index (χ0n) is 15.4. The Morgan fingerprint density at radius 1 is 1.11 bits per heavy atom. The summed E-state index contributed by atoms with van der Waals surface area (Å²) in [6.07, 6.45) is 1.07. The van der Waals surface area contributed by atoms with Crippen molar-refractivity contribution in [1.29, 1.82) is 0 Å². The van der Waals surface area contributed by atoms with Crippen molar-refractivity contribution in [3.63, 3.8) is 0 Å². The van der Waals surface area contributed by atoms with E-state index >= 15 is 0 Å². The molecule has 0 amide bonds. The van der Waals surface area contributed by atoms with Gasteiger partial charge in [0.05, 0.1) is 20.8 Å². The summed E-state index contributed by atoms with van der Waals surface area (Å²) >= 11 is 5.40. The molecule has 0 spiro atoms. The third-order valence-corrected chi connectivity index (χ3v) is 5.18. The van der Waals surface area contributed by atoms with Crippen LogP contribution in [0, 0.1) is 4.84 Å². The van der Waals surface area contributed by atoms with E-state index < -0.39 is 0 Å². The van der Waals surface area contributed by atoms with Crippen LogP contribution in [0.4, 0.5) is 0 Å². The van der Waals surface area contributed by atoms with Gasteiger partial charge in [-0.2, -0.15) is 4.68 Å². The largest absolute Gasteiger partial charge is 0.497 e. The Labute approximate surface area is 162 Å². The number of nitrogens with zero attached hydrogens (tertiary/aromatic N) is 2. The number of fused-ring (bicyclic) bond motifs is 1. The summed E-state index contributed by atoms with van der Waals surface area (Å²) in [4.78, 5) is 1.78. The van der Waals surface area contributed by atoms with Crippen LogP contribution in [0.1, 0.15) is 11.1 Å². The van der Waals surface area contributed by atoms with Gasteiger partial charge in [-0.05, 0) is 29.9 Å². The Balaban J connectivity index is 1.57. The third kappa shape index (κ3) is 3.74. The zero-order chi connectivity index (χ0) is 18.8. The zero-order valence-corrected chi connectivity index (χ0v) is 16.2. The van der Waals surface area contributed by atoms with Crippen LogP contribution in [0.2, 0.25) is 0 Å². The molecule has 140 valence electrons. The van der Waals surface area contributed by atoms with E-state index in [9.17, 15) is 0 Å². The van der Waals surface area contributed by atoms with E-state index in [0.29, 0.717) is 28.9 Å². The number of ether oxygens (including phenoxy) is 2. The smallest absolute Gasteiger partial charge is 0.292 e. The summed E-state index contributed by atoms with van der Waals surface area (Å²) in [5.41, 5.74) is 3.61. The summed E-state index contributed by atoms with van der Waals surface area (Å²) in [5.74, 6) is 1.82. The summed E-state index contributed by atoms with van der Waals surface area (Å²) < 4.78 is 18.2. The van der Waals surface area contributed by atoms with Crippen molar-refractivity contribution in [3.05, 3.63) is 58.4 Å². The molecule has 0 fully saturated rings. The number of hydrogen-bond acceptors (Lipinski definition) is 5. The quantitative estimate of drug-likeness (QED) is 0.685. The van der Waals surface area contributed by atoms with E-state index in [1.807, 2.05) is 18.2 Å². The van der Waals surface area contributed by atoms with Crippen LogP contribution in [0.25, 0.3) is 11.5 Å². The van der Waals surface area contributed by atoms with Gasteiger partial charge >= 0.3 is 0 Å². The average Bonchev–Trinajstić information content (AvgIpc) is 3.07. The fraction of sp³-hybridized carbons (Fsp3) is 0.300. The van der Waals surface area contributed by atoms with Gasteiger partial charge in [0, 0.05) is 23.6 Å². The first kappa shape index (κ1) is 17.8. The maximum absolute atomic E-state index is 5.75. The second-order valence-electron chi connectivity index (χ2n) is 6.63. The van der Waals surface area contributed by atoms with Gasteiger partial charge in [-0.25, -0.2) is 0 Å². The first-order valence-electron chi connectivity index (χ1n) is 8.88. The minimum absolute atomic E-state index is 0.373. The highest BCUT2D eigenvalue weighted by Gasteiger charge is 2.21. The van der Waals surface area contributed by atoms with Crippen molar-refractivity contribution >= 4 is 12.2 Å². The van der Waals surface area contributed by atoms with Gasteiger partial charge in [0.15, 0.2) is 6.67 Å². The molecule has 2 heterocycles. The second-order valence-corrected chi connectivity index (χ2v) is 6.98. The van der Waals surface area contributed by atoms with Crippen LogP contribution in [-0.4, -0.2) is 30.5 Å². The van der Waals surface area contributed by atoms with Crippen molar-refractivity contribution in [3.8, 4) is 23.0 Å². The lowest BCUT2D eigenvalue weighted by Crippen LogP contribution is -3.11. The number of hydrogen-bond donors (Lipinski definition) is 1. The van der Waals surface area contributed by atoms with Crippen LogP contribution in [0.3, 0.4) is 0 Å². The molecule has 0 radical (unpaired) electrons.